The summed E-state index contributed by atoms with van der Waals surface area (Å²) in [4.78, 5) is 0. The van der Waals surface area contributed by atoms with E-state index in [1.54, 1.807) is 6.07 Å². The zero-order valence-corrected chi connectivity index (χ0v) is 7.84. The Hall–Kier alpha value is -0.960. The van der Waals surface area contributed by atoms with Gasteiger partial charge in [0.05, 0.1) is 0 Å². The Morgan fingerprint density at radius 2 is 2.00 bits per heavy atom. The van der Waals surface area contributed by atoms with Crippen LogP contribution in [0.4, 0.5) is 8.78 Å². The number of halogens is 2. The SMILES string of the molecule is NCC(c1ccc(F)c(F)c1)C1CC1. The largest absolute Gasteiger partial charge is 0.330 e. The van der Waals surface area contributed by atoms with Crippen LogP contribution in [-0.4, -0.2) is 6.54 Å². The first-order chi connectivity index (χ1) is 6.72. The number of hydrogen-bond acceptors (Lipinski definition) is 1. The van der Waals surface area contributed by atoms with Crippen LogP contribution in [0.15, 0.2) is 18.2 Å². The molecule has 0 saturated heterocycles. The summed E-state index contributed by atoms with van der Waals surface area (Å²) in [5.74, 6) is -0.795. The van der Waals surface area contributed by atoms with Crippen LogP contribution in [0.5, 0.6) is 0 Å². The van der Waals surface area contributed by atoms with Crippen LogP contribution in [-0.2, 0) is 0 Å². The lowest BCUT2D eigenvalue weighted by Gasteiger charge is -2.13. The van der Waals surface area contributed by atoms with Gasteiger partial charge in [-0.05, 0) is 48.9 Å². The fourth-order valence-corrected chi connectivity index (χ4v) is 1.84. The second kappa shape index (κ2) is 3.65. The van der Waals surface area contributed by atoms with Gasteiger partial charge in [-0.2, -0.15) is 0 Å². The maximum atomic E-state index is 12.9. The van der Waals surface area contributed by atoms with Crippen molar-refractivity contribution in [2.45, 2.75) is 18.8 Å². The quantitative estimate of drug-likeness (QED) is 0.791. The van der Waals surface area contributed by atoms with E-state index in [0.29, 0.717) is 12.5 Å². The van der Waals surface area contributed by atoms with Gasteiger partial charge in [0.15, 0.2) is 11.6 Å². The van der Waals surface area contributed by atoms with Crippen LogP contribution in [0.2, 0.25) is 0 Å². The Kier molecular flexibility index (Phi) is 2.50. The van der Waals surface area contributed by atoms with Crippen molar-refractivity contribution in [2.75, 3.05) is 6.54 Å². The molecule has 0 spiro atoms. The van der Waals surface area contributed by atoms with Crippen molar-refractivity contribution in [3.63, 3.8) is 0 Å². The molecule has 76 valence electrons. The van der Waals surface area contributed by atoms with Gasteiger partial charge < -0.3 is 5.73 Å². The molecule has 3 heteroatoms. The highest BCUT2D eigenvalue weighted by Gasteiger charge is 2.31. The van der Waals surface area contributed by atoms with Crippen molar-refractivity contribution < 1.29 is 8.78 Å². The molecule has 1 aromatic carbocycles. The average molecular weight is 197 g/mol. The molecular weight excluding hydrogens is 184 g/mol. The zero-order valence-electron chi connectivity index (χ0n) is 7.84. The smallest absolute Gasteiger partial charge is 0.159 e. The molecule has 1 atom stereocenters. The monoisotopic (exact) mass is 197 g/mol. The molecule has 0 bridgehead atoms. The fourth-order valence-electron chi connectivity index (χ4n) is 1.84. The highest BCUT2D eigenvalue weighted by molar-refractivity contribution is 5.24. The predicted molar refractivity (Wildman–Crippen MR) is 50.9 cm³/mol. The van der Waals surface area contributed by atoms with Crippen molar-refractivity contribution in [1.29, 1.82) is 0 Å². The van der Waals surface area contributed by atoms with Crippen LogP contribution in [0.3, 0.4) is 0 Å². The Morgan fingerprint density at radius 1 is 1.29 bits per heavy atom. The van der Waals surface area contributed by atoms with Crippen LogP contribution in [0, 0.1) is 17.6 Å². The molecule has 1 nitrogen and oxygen atoms in total. The van der Waals surface area contributed by atoms with Gasteiger partial charge in [-0.1, -0.05) is 6.07 Å². The van der Waals surface area contributed by atoms with E-state index >= 15 is 0 Å². The van der Waals surface area contributed by atoms with Crippen molar-refractivity contribution in [2.24, 2.45) is 11.7 Å². The molecule has 1 saturated carbocycles. The molecule has 1 aromatic rings. The van der Waals surface area contributed by atoms with Gasteiger partial charge in [0, 0.05) is 0 Å². The molecule has 0 aliphatic heterocycles. The molecule has 1 aliphatic carbocycles. The fraction of sp³-hybridized carbons (Fsp3) is 0.455. The first kappa shape index (κ1) is 9.59. The third-order valence-corrected chi connectivity index (χ3v) is 2.82. The molecule has 14 heavy (non-hydrogen) atoms. The molecule has 0 amide bonds. The zero-order chi connectivity index (χ0) is 10.1. The van der Waals surface area contributed by atoms with Crippen LogP contribution in [0.1, 0.15) is 24.3 Å². The van der Waals surface area contributed by atoms with Crippen molar-refractivity contribution >= 4 is 0 Å². The van der Waals surface area contributed by atoms with E-state index in [0.717, 1.165) is 18.4 Å². The van der Waals surface area contributed by atoms with Gasteiger partial charge >= 0.3 is 0 Å². The Bertz CT molecular complexity index is 334. The minimum atomic E-state index is -0.791. The maximum absolute atomic E-state index is 12.9. The number of rotatable bonds is 3. The lowest BCUT2D eigenvalue weighted by Crippen LogP contribution is -2.14. The van der Waals surface area contributed by atoms with Gasteiger partial charge in [0.1, 0.15) is 0 Å². The summed E-state index contributed by atoms with van der Waals surface area (Å²) in [6.45, 7) is 0.510. The summed E-state index contributed by atoms with van der Waals surface area (Å²) >= 11 is 0. The lowest BCUT2D eigenvalue weighted by molar-refractivity contribution is 0.502. The third kappa shape index (κ3) is 1.77. The van der Waals surface area contributed by atoms with Crippen molar-refractivity contribution in [1.82, 2.24) is 0 Å². The predicted octanol–water partition coefficient (Wildman–Crippen LogP) is 2.42. The van der Waals surface area contributed by atoms with E-state index in [2.05, 4.69) is 0 Å². The van der Waals surface area contributed by atoms with E-state index in [1.807, 2.05) is 0 Å². The summed E-state index contributed by atoms with van der Waals surface area (Å²) in [6, 6.07) is 4.08. The lowest BCUT2D eigenvalue weighted by atomic mass is 9.94. The molecule has 2 N–H and O–H groups in total. The second-order valence-corrected chi connectivity index (χ2v) is 3.85. The van der Waals surface area contributed by atoms with E-state index in [-0.39, 0.29) is 5.92 Å². The summed E-state index contributed by atoms with van der Waals surface area (Å²) < 4.78 is 25.6. The van der Waals surface area contributed by atoms with E-state index in [1.165, 1.54) is 12.1 Å². The van der Waals surface area contributed by atoms with Gasteiger partial charge in [0.2, 0.25) is 0 Å². The van der Waals surface area contributed by atoms with E-state index in [4.69, 9.17) is 5.73 Å². The second-order valence-electron chi connectivity index (χ2n) is 3.85. The summed E-state index contributed by atoms with van der Waals surface area (Å²) in [6.07, 6.45) is 2.31. The molecule has 0 aromatic heterocycles. The molecule has 1 fully saturated rings. The summed E-state index contributed by atoms with van der Waals surface area (Å²) in [5.41, 5.74) is 6.45. The maximum Gasteiger partial charge on any atom is 0.159 e. The molecule has 1 aliphatic rings. The number of benzene rings is 1. The summed E-state index contributed by atoms with van der Waals surface area (Å²) in [5, 5.41) is 0. The topological polar surface area (TPSA) is 26.0 Å². The molecule has 2 rings (SSSR count). The van der Waals surface area contributed by atoms with E-state index in [9.17, 15) is 8.78 Å². The normalized spacial score (nSPS) is 18.2. The van der Waals surface area contributed by atoms with Gasteiger partial charge in [0.25, 0.3) is 0 Å². The van der Waals surface area contributed by atoms with Crippen LogP contribution in [0.25, 0.3) is 0 Å². The standard InChI is InChI=1S/C11H13F2N/c12-10-4-3-8(5-11(10)13)9(6-14)7-1-2-7/h3-5,7,9H,1-2,6,14H2. The van der Waals surface area contributed by atoms with Gasteiger partial charge in [-0.3, -0.25) is 0 Å². The highest BCUT2D eigenvalue weighted by Crippen LogP contribution is 2.42. The molecule has 0 heterocycles. The minimum absolute atomic E-state index is 0.199. The highest BCUT2D eigenvalue weighted by atomic mass is 19.2. The van der Waals surface area contributed by atoms with Gasteiger partial charge in [-0.15, -0.1) is 0 Å². The average Bonchev–Trinajstić information content (AvgIpc) is 2.96. The Balaban J connectivity index is 2.25. The molecule has 1 unspecified atom stereocenters. The van der Waals surface area contributed by atoms with Crippen LogP contribution >= 0.6 is 0 Å². The number of nitrogens with two attached hydrogens (primary N) is 1. The van der Waals surface area contributed by atoms with Crippen molar-refractivity contribution in [3.05, 3.63) is 35.4 Å². The Morgan fingerprint density at radius 3 is 2.50 bits per heavy atom. The molecule has 0 radical (unpaired) electrons. The first-order valence-corrected chi connectivity index (χ1v) is 4.87. The van der Waals surface area contributed by atoms with Crippen LogP contribution < -0.4 is 5.73 Å². The Labute approximate surface area is 81.9 Å². The third-order valence-electron chi connectivity index (χ3n) is 2.82. The molecular formula is C11H13F2N. The van der Waals surface area contributed by atoms with Gasteiger partial charge in [-0.25, -0.2) is 8.78 Å². The first-order valence-electron chi connectivity index (χ1n) is 4.87. The number of hydrogen-bond donors (Lipinski definition) is 1. The van der Waals surface area contributed by atoms with Crippen molar-refractivity contribution in [3.8, 4) is 0 Å². The summed E-state index contributed by atoms with van der Waals surface area (Å²) in [7, 11) is 0. The minimum Gasteiger partial charge on any atom is -0.330 e. The van der Waals surface area contributed by atoms with E-state index < -0.39 is 11.6 Å².